The fourth-order valence-corrected chi connectivity index (χ4v) is 1.81. The van der Waals surface area contributed by atoms with Gasteiger partial charge in [-0.05, 0) is 38.5 Å². The minimum absolute atomic E-state index is 0.661. The minimum atomic E-state index is -0.884. The van der Waals surface area contributed by atoms with Crippen molar-refractivity contribution in [3.63, 3.8) is 0 Å². The first kappa shape index (κ1) is 11.0. The van der Waals surface area contributed by atoms with Crippen molar-refractivity contribution in [3.05, 3.63) is 23.9 Å². The van der Waals surface area contributed by atoms with Crippen LogP contribution in [0.15, 0.2) is 18.3 Å². The van der Waals surface area contributed by atoms with E-state index in [1.807, 2.05) is 23.7 Å². The topological polar surface area (TPSA) is 64.1 Å². The largest absolute Gasteiger partial charge is 0.398 e. The molecule has 0 aliphatic heterocycles. The van der Waals surface area contributed by atoms with Crippen molar-refractivity contribution < 1.29 is 5.11 Å². The van der Waals surface area contributed by atoms with Gasteiger partial charge in [0.25, 0.3) is 0 Å². The Bertz CT molecular complexity index is 523. The Morgan fingerprint density at radius 3 is 2.69 bits per heavy atom. The van der Waals surface area contributed by atoms with E-state index in [2.05, 4.69) is 5.10 Å². The predicted molar refractivity (Wildman–Crippen MR) is 65.1 cm³/mol. The van der Waals surface area contributed by atoms with Crippen LogP contribution in [0.1, 0.15) is 26.3 Å². The van der Waals surface area contributed by atoms with Gasteiger partial charge in [0, 0.05) is 17.6 Å². The van der Waals surface area contributed by atoms with E-state index >= 15 is 0 Å². The normalized spacial score (nSPS) is 12.2. The van der Waals surface area contributed by atoms with E-state index in [4.69, 9.17) is 5.73 Å². The van der Waals surface area contributed by atoms with Crippen LogP contribution in [-0.2, 0) is 12.1 Å². The van der Waals surface area contributed by atoms with Crippen LogP contribution in [-0.4, -0.2) is 14.9 Å². The number of aromatic nitrogens is 2. The summed E-state index contributed by atoms with van der Waals surface area (Å²) in [4.78, 5) is 0. The van der Waals surface area contributed by atoms with Gasteiger partial charge in [-0.3, -0.25) is 4.68 Å². The van der Waals surface area contributed by atoms with E-state index in [9.17, 15) is 5.11 Å². The lowest BCUT2D eigenvalue weighted by Gasteiger charge is -2.18. The fraction of sp³-hybridized carbons (Fsp3) is 0.417. The summed E-state index contributed by atoms with van der Waals surface area (Å²) in [6, 6.07) is 3.76. The summed E-state index contributed by atoms with van der Waals surface area (Å²) in [5.74, 6) is 0. The molecule has 86 valence electrons. The van der Waals surface area contributed by atoms with Crippen molar-refractivity contribution >= 4 is 16.6 Å². The van der Waals surface area contributed by atoms with Crippen molar-refractivity contribution in [2.75, 3.05) is 5.73 Å². The third-order valence-corrected chi connectivity index (χ3v) is 2.80. The molecule has 0 saturated carbocycles. The van der Waals surface area contributed by atoms with Gasteiger partial charge < -0.3 is 10.8 Å². The fourth-order valence-electron chi connectivity index (χ4n) is 1.81. The summed E-state index contributed by atoms with van der Waals surface area (Å²) in [5.41, 5.74) is 7.52. The second kappa shape index (κ2) is 3.49. The molecule has 0 radical (unpaired) electrons. The third kappa shape index (κ3) is 1.65. The van der Waals surface area contributed by atoms with Gasteiger partial charge in [-0.2, -0.15) is 5.10 Å². The molecule has 16 heavy (non-hydrogen) atoms. The van der Waals surface area contributed by atoms with E-state index in [0.717, 1.165) is 23.0 Å². The van der Waals surface area contributed by atoms with Crippen LogP contribution in [0, 0.1) is 0 Å². The average molecular weight is 219 g/mol. The standard InChI is InChI=1S/C12H17N3O/c1-4-15-11-6-8(12(2,3)16)5-10(13)9(11)7-14-15/h5-7,16H,4,13H2,1-3H3. The Kier molecular flexibility index (Phi) is 2.39. The molecule has 0 spiro atoms. The summed E-state index contributed by atoms with van der Waals surface area (Å²) < 4.78 is 1.88. The molecule has 2 rings (SSSR count). The molecule has 0 aliphatic carbocycles. The number of nitrogens with two attached hydrogens (primary N) is 1. The van der Waals surface area contributed by atoms with Crippen molar-refractivity contribution in [2.45, 2.75) is 32.9 Å². The average Bonchev–Trinajstić information content (AvgIpc) is 2.59. The molecule has 4 nitrogen and oxygen atoms in total. The van der Waals surface area contributed by atoms with Crippen LogP contribution < -0.4 is 5.73 Å². The second-order valence-corrected chi connectivity index (χ2v) is 4.52. The molecule has 0 bridgehead atoms. The van der Waals surface area contributed by atoms with Gasteiger partial charge in [-0.1, -0.05) is 0 Å². The molecule has 1 heterocycles. The third-order valence-electron chi connectivity index (χ3n) is 2.80. The van der Waals surface area contributed by atoms with E-state index in [-0.39, 0.29) is 0 Å². The van der Waals surface area contributed by atoms with Gasteiger partial charge in [-0.25, -0.2) is 0 Å². The second-order valence-electron chi connectivity index (χ2n) is 4.52. The molecule has 1 aromatic carbocycles. The zero-order chi connectivity index (χ0) is 11.9. The first-order valence-electron chi connectivity index (χ1n) is 5.41. The summed E-state index contributed by atoms with van der Waals surface area (Å²) in [6.45, 7) is 6.32. The smallest absolute Gasteiger partial charge is 0.0842 e. The Labute approximate surface area is 94.7 Å². The van der Waals surface area contributed by atoms with Crippen LogP contribution in [0.2, 0.25) is 0 Å². The van der Waals surface area contributed by atoms with Crippen LogP contribution in [0.5, 0.6) is 0 Å². The molecule has 2 aromatic rings. The van der Waals surface area contributed by atoms with Gasteiger partial charge in [-0.15, -0.1) is 0 Å². The highest BCUT2D eigenvalue weighted by atomic mass is 16.3. The molecule has 0 atom stereocenters. The molecule has 4 heteroatoms. The quantitative estimate of drug-likeness (QED) is 0.758. The maximum atomic E-state index is 9.99. The Hall–Kier alpha value is -1.55. The van der Waals surface area contributed by atoms with Crippen LogP contribution in [0.4, 0.5) is 5.69 Å². The maximum Gasteiger partial charge on any atom is 0.0842 e. The number of nitrogen functional groups attached to an aromatic ring is 1. The summed E-state index contributed by atoms with van der Waals surface area (Å²) >= 11 is 0. The van der Waals surface area contributed by atoms with Crippen molar-refractivity contribution in [2.24, 2.45) is 0 Å². The Morgan fingerprint density at radius 2 is 2.12 bits per heavy atom. The Morgan fingerprint density at radius 1 is 1.44 bits per heavy atom. The highest BCUT2D eigenvalue weighted by molar-refractivity contribution is 5.91. The number of hydrogen-bond donors (Lipinski definition) is 2. The molecule has 0 unspecified atom stereocenters. The van der Waals surface area contributed by atoms with E-state index in [1.54, 1.807) is 20.0 Å². The van der Waals surface area contributed by atoms with E-state index < -0.39 is 5.60 Å². The van der Waals surface area contributed by atoms with E-state index in [1.165, 1.54) is 0 Å². The molecule has 0 fully saturated rings. The maximum absolute atomic E-state index is 9.99. The van der Waals surface area contributed by atoms with Crippen molar-refractivity contribution in [1.29, 1.82) is 0 Å². The van der Waals surface area contributed by atoms with Gasteiger partial charge >= 0.3 is 0 Å². The number of rotatable bonds is 2. The summed E-state index contributed by atoms with van der Waals surface area (Å²) in [6.07, 6.45) is 1.77. The zero-order valence-electron chi connectivity index (χ0n) is 9.86. The molecular weight excluding hydrogens is 202 g/mol. The van der Waals surface area contributed by atoms with Crippen LogP contribution in [0.25, 0.3) is 10.9 Å². The first-order valence-corrected chi connectivity index (χ1v) is 5.41. The lowest BCUT2D eigenvalue weighted by atomic mass is 9.96. The molecule has 0 aliphatic rings. The number of aryl methyl sites for hydroxylation is 1. The number of hydrogen-bond acceptors (Lipinski definition) is 3. The molecule has 0 amide bonds. The van der Waals surface area contributed by atoms with E-state index in [0.29, 0.717) is 5.69 Å². The van der Waals surface area contributed by atoms with Gasteiger partial charge in [0.05, 0.1) is 17.3 Å². The molecule has 0 saturated heterocycles. The number of anilines is 1. The lowest BCUT2D eigenvalue weighted by Crippen LogP contribution is -2.16. The SMILES string of the molecule is CCn1ncc2c(N)cc(C(C)(C)O)cc21. The molecule has 3 N–H and O–H groups in total. The monoisotopic (exact) mass is 219 g/mol. The highest BCUT2D eigenvalue weighted by Crippen LogP contribution is 2.28. The summed E-state index contributed by atoms with van der Waals surface area (Å²) in [5, 5.41) is 15.2. The summed E-state index contributed by atoms with van der Waals surface area (Å²) in [7, 11) is 0. The van der Waals surface area contributed by atoms with Crippen molar-refractivity contribution in [3.8, 4) is 0 Å². The zero-order valence-corrected chi connectivity index (χ0v) is 9.86. The minimum Gasteiger partial charge on any atom is -0.398 e. The molecular formula is C12H17N3O. The van der Waals surface area contributed by atoms with Crippen molar-refractivity contribution in [1.82, 2.24) is 9.78 Å². The van der Waals surface area contributed by atoms with Gasteiger partial charge in [0.2, 0.25) is 0 Å². The lowest BCUT2D eigenvalue weighted by molar-refractivity contribution is 0.0787. The Balaban J connectivity index is 2.73. The number of benzene rings is 1. The predicted octanol–water partition coefficient (Wildman–Crippen LogP) is 1.87. The number of nitrogens with zero attached hydrogens (tertiary/aromatic N) is 2. The number of aliphatic hydroxyl groups is 1. The highest BCUT2D eigenvalue weighted by Gasteiger charge is 2.18. The van der Waals surface area contributed by atoms with Crippen LogP contribution in [0.3, 0.4) is 0 Å². The van der Waals surface area contributed by atoms with Gasteiger partial charge in [0.15, 0.2) is 0 Å². The number of fused-ring (bicyclic) bond motifs is 1. The van der Waals surface area contributed by atoms with Gasteiger partial charge in [0.1, 0.15) is 0 Å². The first-order chi connectivity index (χ1) is 7.43. The van der Waals surface area contributed by atoms with Crippen LogP contribution >= 0.6 is 0 Å². The molecule has 1 aromatic heterocycles.